The molecule has 7 nitrogen and oxygen atoms in total. The van der Waals surface area contributed by atoms with Gasteiger partial charge in [-0.3, -0.25) is 14.9 Å². The van der Waals surface area contributed by atoms with Gasteiger partial charge in [0, 0.05) is 41.5 Å². The molecule has 0 aliphatic heterocycles. The zero-order valence-electron chi connectivity index (χ0n) is 15.9. The van der Waals surface area contributed by atoms with Crippen molar-refractivity contribution in [2.75, 3.05) is 11.9 Å². The number of nitro benzene ring substituents is 1. The molecule has 0 aliphatic carbocycles. The Kier molecular flexibility index (Phi) is 5.84. The number of amides is 1. The standard InChI is InChI=1S/C21H22N4O3/c1-3-10-22-21(26)16-7-4-6-15(12-16)13-23-18-11-14(2)24-20-17(18)8-5-9-19(20)25(27)28/h4-9,11-12H,3,10,13H2,1-2H3,(H,22,26)(H,23,24). The molecular formula is C21H22N4O3. The van der Waals surface area contributed by atoms with Gasteiger partial charge in [0.15, 0.2) is 5.52 Å². The number of carbonyl (C=O) groups excluding carboxylic acids is 1. The van der Waals surface area contributed by atoms with Gasteiger partial charge in [-0.25, -0.2) is 4.98 Å². The summed E-state index contributed by atoms with van der Waals surface area (Å²) in [6.07, 6.45) is 0.883. The van der Waals surface area contributed by atoms with E-state index in [0.717, 1.165) is 17.7 Å². The zero-order chi connectivity index (χ0) is 20.1. The molecule has 3 aromatic rings. The summed E-state index contributed by atoms with van der Waals surface area (Å²) < 4.78 is 0. The summed E-state index contributed by atoms with van der Waals surface area (Å²) in [5.74, 6) is -0.0930. The SMILES string of the molecule is CCCNC(=O)c1cccc(CNc2cc(C)nc3c([N+](=O)[O-])cccc23)c1. The number of fused-ring (bicyclic) bond motifs is 1. The Morgan fingerprint density at radius 1 is 1.18 bits per heavy atom. The lowest BCUT2D eigenvalue weighted by molar-refractivity contribution is -0.383. The van der Waals surface area contributed by atoms with Gasteiger partial charge in [0.05, 0.1) is 4.92 Å². The highest BCUT2D eigenvalue weighted by molar-refractivity contribution is 5.97. The molecule has 28 heavy (non-hydrogen) atoms. The van der Waals surface area contributed by atoms with Crippen LogP contribution in [-0.2, 0) is 6.54 Å². The van der Waals surface area contributed by atoms with Crippen molar-refractivity contribution in [3.05, 3.63) is 75.5 Å². The minimum absolute atomic E-state index is 0.0150. The molecule has 0 fully saturated rings. The minimum Gasteiger partial charge on any atom is -0.380 e. The normalized spacial score (nSPS) is 10.6. The Balaban J connectivity index is 1.85. The highest BCUT2D eigenvalue weighted by atomic mass is 16.6. The van der Waals surface area contributed by atoms with E-state index in [0.29, 0.717) is 35.2 Å². The molecule has 0 saturated heterocycles. The fourth-order valence-corrected chi connectivity index (χ4v) is 3.02. The highest BCUT2D eigenvalue weighted by Gasteiger charge is 2.15. The average Bonchev–Trinajstić information content (AvgIpc) is 2.69. The smallest absolute Gasteiger partial charge is 0.295 e. The maximum Gasteiger partial charge on any atom is 0.295 e. The molecule has 1 aromatic heterocycles. The number of benzene rings is 2. The summed E-state index contributed by atoms with van der Waals surface area (Å²) in [5, 5.41) is 18.2. The summed E-state index contributed by atoms with van der Waals surface area (Å²) in [5.41, 5.74) is 3.36. The summed E-state index contributed by atoms with van der Waals surface area (Å²) in [7, 11) is 0. The third-order valence-electron chi connectivity index (χ3n) is 4.35. The van der Waals surface area contributed by atoms with Crippen LogP contribution >= 0.6 is 0 Å². The van der Waals surface area contributed by atoms with Crippen LogP contribution in [0.2, 0.25) is 0 Å². The Hall–Kier alpha value is -3.48. The molecule has 0 spiro atoms. The molecule has 1 amide bonds. The Labute approximate surface area is 162 Å². The number of pyridine rings is 1. The van der Waals surface area contributed by atoms with Crippen LogP contribution in [0.5, 0.6) is 0 Å². The van der Waals surface area contributed by atoms with E-state index in [1.807, 2.05) is 37.3 Å². The van der Waals surface area contributed by atoms with E-state index >= 15 is 0 Å². The van der Waals surface area contributed by atoms with E-state index in [2.05, 4.69) is 15.6 Å². The lowest BCUT2D eigenvalue weighted by Crippen LogP contribution is -2.24. The van der Waals surface area contributed by atoms with Crippen molar-refractivity contribution in [1.29, 1.82) is 0 Å². The number of non-ortho nitro benzene ring substituents is 1. The molecule has 0 atom stereocenters. The number of anilines is 1. The van der Waals surface area contributed by atoms with Crippen molar-refractivity contribution in [1.82, 2.24) is 10.3 Å². The molecule has 2 aromatic carbocycles. The van der Waals surface area contributed by atoms with Gasteiger partial charge in [-0.15, -0.1) is 0 Å². The Bertz CT molecular complexity index is 1030. The fraction of sp³-hybridized carbons (Fsp3) is 0.238. The lowest BCUT2D eigenvalue weighted by atomic mass is 10.1. The predicted molar refractivity (Wildman–Crippen MR) is 110 cm³/mol. The van der Waals surface area contributed by atoms with E-state index in [-0.39, 0.29) is 11.6 Å². The quantitative estimate of drug-likeness (QED) is 0.474. The molecule has 0 unspecified atom stereocenters. The van der Waals surface area contributed by atoms with Crippen molar-refractivity contribution >= 4 is 28.2 Å². The first-order valence-corrected chi connectivity index (χ1v) is 9.15. The first-order chi connectivity index (χ1) is 13.5. The summed E-state index contributed by atoms with van der Waals surface area (Å²) in [6.45, 7) is 4.94. The number of rotatable bonds is 7. The van der Waals surface area contributed by atoms with E-state index in [1.54, 1.807) is 19.1 Å². The second-order valence-electron chi connectivity index (χ2n) is 6.55. The Morgan fingerprint density at radius 3 is 2.71 bits per heavy atom. The molecule has 144 valence electrons. The monoisotopic (exact) mass is 378 g/mol. The first-order valence-electron chi connectivity index (χ1n) is 9.15. The van der Waals surface area contributed by atoms with Crippen molar-refractivity contribution in [3.8, 4) is 0 Å². The third kappa shape index (κ3) is 4.25. The number of hydrogen-bond donors (Lipinski definition) is 2. The van der Waals surface area contributed by atoms with Crippen LogP contribution in [0.4, 0.5) is 11.4 Å². The molecule has 0 saturated carbocycles. The second-order valence-corrected chi connectivity index (χ2v) is 6.55. The van der Waals surface area contributed by atoms with E-state index < -0.39 is 4.92 Å². The number of para-hydroxylation sites is 1. The maximum absolute atomic E-state index is 12.1. The molecule has 7 heteroatoms. The van der Waals surface area contributed by atoms with Gasteiger partial charge in [-0.1, -0.05) is 31.2 Å². The van der Waals surface area contributed by atoms with Gasteiger partial charge >= 0.3 is 0 Å². The molecule has 1 heterocycles. The van der Waals surface area contributed by atoms with Crippen LogP contribution in [0.15, 0.2) is 48.5 Å². The van der Waals surface area contributed by atoms with Crippen LogP contribution < -0.4 is 10.6 Å². The van der Waals surface area contributed by atoms with Gasteiger partial charge in [0.25, 0.3) is 11.6 Å². The summed E-state index contributed by atoms with van der Waals surface area (Å²) in [4.78, 5) is 27.4. The van der Waals surface area contributed by atoms with Gasteiger partial charge in [-0.2, -0.15) is 0 Å². The molecule has 2 N–H and O–H groups in total. The summed E-state index contributed by atoms with van der Waals surface area (Å²) in [6, 6.07) is 14.2. The number of hydrogen-bond acceptors (Lipinski definition) is 5. The van der Waals surface area contributed by atoms with Gasteiger partial charge in [0.2, 0.25) is 0 Å². The fourth-order valence-electron chi connectivity index (χ4n) is 3.02. The van der Waals surface area contributed by atoms with Crippen LogP contribution in [0, 0.1) is 17.0 Å². The van der Waals surface area contributed by atoms with Gasteiger partial charge in [0.1, 0.15) is 0 Å². The number of nitrogens with one attached hydrogen (secondary N) is 2. The zero-order valence-corrected chi connectivity index (χ0v) is 15.9. The van der Waals surface area contributed by atoms with Gasteiger partial charge < -0.3 is 10.6 Å². The van der Waals surface area contributed by atoms with E-state index in [4.69, 9.17) is 0 Å². The van der Waals surface area contributed by atoms with Crippen molar-refractivity contribution in [2.45, 2.75) is 26.8 Å². The largest absolute Gasteiger partial charge is 0.380 e. The Morgan fingerprint density at radius 2 is 1.96 bits per heavy atom. The maximum atomic E-state index is 12.1. The third-order valence-corrected chi connectivity index (χ3v) is 4.35. The number of aromatic nitrogens is 1. The predicted octanol–water partition coefficient (Wildman–Crippen LogP) is 4.20. The molecule has 0 bridgehead atoms. The van der Waals surface area contributed by atoms with Crippen LogP contribution in [0.1, 0.15) is 35.0 Å². The summed E-state index contributed by atoms with van der Waals surface area (Å²) >= 11 is 0. The van der Waals surface area contributed by atoms with Crippen molar-refractivity contribution in [2.24, 2.45) is 0 Å². The van der Waals surface area contributed by atoms with E-state index in [9.17, 15) is 14.9 Å². The lowest BCUT2D eigenvalue weighted by Gasteiger charge is -2.12. The number of carbonyl (C=O) groups is 1. The number of nitrogens with zero attached hydrogens (tertiary/aromatic N) is 2. The molecule has 3 rings (SSSR count). The number of nitro groups is 1. The van der Waals surface area contributed by atoms with Crippen LogP contribution in [-0.4, -0.2) is 22.4 Å². The van der Waals surface area contributed by atoms with Crippen LogP contribution in [0.25, 0.3) is 10.9 Å². The first kappa shape index (κ1) is 19.3. The minimum atomic E-state index is -0.420. The average molecular weight is 378 g/mol. The van der Waals surface area contributed by atoms with Crippen molar-refractivity contribution in [3.63, 3.8) is 0 Å². The van der Waals surface area contributed by atoms with E-state index in [1.165, 1.54) is 6.07 Å². The van der Waals surface area contributed by atoms with Crippen LogP contribution in [0.3, 0.4) is 0 Å². The second kappa shape index (κ2) is 8.47. The van der Waals surface area contributed by atoms with Crippen molar-refractivity contribution < 1.29 is 9.72 Å². The topological polar surface area (TPSA) is 97.2 Å². The molecule has 0 aliphatic rings. The number of aryl methyl sites for hydroxylation is 1. The molecular weight excluding hydrogens is 356 g/mol. The highest BCUT2D eigenvalue weighted by Crippen LogP contribution is 2.30. The van der Waals surface area contributed by atoms with Gasteiger partial charge in [-0.05, 0) is 37.1 Å². The molecule has 0 radical (unpaired) electrons.